The van der Waals surface area contributed by atoms with Crippen molar-refractivity contribution in [2.24, 2.45) is 0 Å². The van der Waals surface area contributed by atoms with Gasteiger partial charge in [0.1, 0.15) is 0 Å². The molecule has 0 bridgehead atoms. The molecule has 1 aliphatic rings. The molecule has 0 aromatic heterocycles. The second-order valence-corrected chi connectivity index (χ2v) is 8.23. The standard InChI is InChI=1S/C23H36N12O/c24-1-6-29-8-13-32(12-5-28)17-19-34-21-22-35(23(34)36)20-18-33(14-9-30-7-2-25)16-15-31(10-3-26)11-4-27/h29-30H,6-22H2. The first kappa shape index (κ1) is 30.6. The van der Waals surface area contributed by atoms with Gasteiger partial charge in [-0.15, -0.1) is 0 Å². The highest BCUT2D eigenvalue weighted by Gasteiger charge is 2.28. The Morgan fingerprint density at radius 1 is 0.611 bits per heavy atom. The maximum atomic E-state index is 12.9. The normalized spacial score (nSPS) is 13.0. The highest BCUT2D eigenvalue weighted by atomic mass is 16.2. The van der Waals surface area contributed by atoms with Gasteiger partial charge in [0.05, 0.1) is 63.1 Å². The number of amides is 2. The van der Waals surface area contributed by atoms with Crippen molar-refractivity contribution in [3.63, 3.8) is 0 Å². The van der Waals surface area contributed by atoms with Crippen LogP contribution in [0.2, 0.25) is 0 Å². The summed E-state index contributed by atoms with van der Waals surface area (Å²) in [7, 11) is 0. The van der Waals surface area contributed by atoms with Gasteiger partial charge in [-0.1, -0.05) is 0 Å². The monoisotopic (exact) mass is 496 g/mol. The zero-order chi connectivity index (χ0) is 26.4. The molecule has 2 amide bonds. The van der Waals surface area contributed by atoms with E-state index in [1.807, 2.05) is 15.9 Å². The Morgan fingerprint density at radius 2 is 1.06 bits per heavy atom. The number of nitrogens with zero attached hydrogens (tertiary/aromatic N) is 10. The predicted octanol–water partition coefficient (Wildman–Crippen LogP) is -1.57. The molecule has 0 aromatic rings. The Bertz CT molecular complexity index is 830. The quantitative estimate of drug-likeness (QED) is 0.147. The van der Waals surface area contributed by atoms with Gasteiger partial charge < -0.3 is 20.4 Å². The van der Waals surface area contributed by atoms with Crippen LogP contribution in [0.3, 0.4) is 0 Å². The van der Waals surface area contributed by atoms with Crippen LogP contribution in [-0.2, 0) is 0 Å². The molecule has 0 spiro atoms. The fraction of sp³-hybridized carbons (Fsp3) is 0.739. The largest absolute Gasteiger partial charge is 0.322 e. The number of rotatable bonds is 20. The minimum atomic E-state index is -0.0207. The first-order chi connectivity index (χ1) is 17.6. The fourth-order valence-corrected chi connectivity index (χ4v) is 3.74. The van der Waals surface area contributed by atoms with Crippen molar-refractivity contribution in [3.05, 3.63) is 0 Å². The Hall–Kier alpha value is -3.48. The van der Waals surface area contributed by atoms with Gasteiger partial charge in [-0.3, -0.25) is 14.7 Å². The number of urea groups is 1. The molecule has 1 fully saturated rings. The van der Waals surface area contributed by atoms with Crippen LogP contribution in [0, 0.1) is 56.7 Å². The van der Waals surface area contributed by atoms with Gasteiger partial charge in [-0.25, -0.2) is 4.79 Å². The highest BCUT2D eigenvalue weighted by Crippen LogP contribution is 2.09. The Kier molecular flexibility index (Phi) is 16.8. The van der Waals surface area contributed by atoms with Crippen LogP contribution in [-0.4, -0.2) is 142 Å². The van der Waals surface area contributed by atoms with Gasteiger partial charge in [-0.2, -0.15) is 26.3 Å². The molecule has 0 radical (unpaired) electrons. The molecule has 0 atom stereocenters. The summed E-state index contributed by atoms with van der Waals surface area (Å²) in [6, 6.07) is 10.4. The van der Waals surface area contributed by atoms with E-state index in [0.29, 0.717) is 78.5 Å². The molecule has 0 saturated carbocycles. The lowest BCUT2D eigenvalue weighted by Crippen LogP contribution is -2.44. The van der Waals surface area contributed by atoms with E-state index in [1.54, 1.807) is 9.80 Å². The van der Waals surface area contributed by atoms with E-state index >= 15 is 0 Å². The summed E-state index contributed by atoms with van der Waals surface area (Å²) >= 11 is 0. The third-order valence-corrected chi connectivity index (χ3v) is 5.79. The van der Waals surface area contributed by atoms with E-state index < -0.39 is 0 Å². The third kappa shape index (κ3) is 12.8. The highest BCUT2D eigenvalue weighted by molar-refractivity contribution is 5.76. The van der Waals surface area contributed by atoms with Crippen molar-refractivity contribution in [2.75, 3.05) is 111 Å². The van der Waals surface area contributed by atoms with Crippen molar-refractivity contribution in [1.29, 1.82) is 26.3 Å². The minimum Gasteiger partial charge on any atom is -0.322 e. The molecular weight excluding hydrogens is 460 g/mol. The molecule has 1 aliphatic heterocycles. The lowest BCUT2D eigenvalue weighted by molar-refractivity contribution is 0.173. The van der Waals surface area contributed by atoms with Crippen LogP contribution < -0.4 is 10.6 Å². The van der Waals surface area contributed by atoms with Crippen LogP contribution in [0.1, 0.15) is 0 Å². The summed E-state index contributed by atoms with van der Waals surface area (Å²) < 4.78 is 0. The van der Waals surface area contributed by atoms with E-state index in [-0.39, 0.29) is 38.8 Å². The molecule has 194 valence electrons. The molecule has 36 heavy (non-hydrogen) atoms. The number of carbonyl (C=O) groups excluding carboxylic acids is 1. The second kappa shape index (κ2) is 19.8. The van der Waals surface area contributed by atoms with Crippen LogP contribution in [0.5, 0.6) is 0 Å². The molecule has 1 saturated heterocycles. The maximum absolute atomic E-state index is 12.9. The third-order valence-electron chi connectivity index (χ3n) is 5.79. The van der Waals surface area contributed by atoms with Crippen LogP contribution >= 0.6 is 0 Å². The number of hydrogen-bond acceptors (Lipinski definition) is 11. The summed E-state index contributed by atoms with van der Waals surface area (Å²) in [5, 5.41) is 50.4. The van der Waals surface area contributed by atoms with E-state index in [2.05, 4.69) is 39.8 Å². The molecule has 0 aliphatic carbocycles. The van der Waals surface area contributed by atoms with Gasteiger partial charge in [0.2, 0.25) is 0 Å². The van der Waals surface area contributed by atoms with E-state index in [4.69, 9.17) is 26.3 Å². The van der Waals surface area contributed by atoms with E-state index in [1.165, 1.54) is 0 Å². The average Bonchev–Trinajstić information content (AvgIpc) is 3.23. The smallest absolute Gasteiger partial charge is 0.320 e. The lowest BCUT2D eigenvalue weighted by Gasteiger charge is -2.28. The summed E-state index contributed by atoms with van der Waals surface area (Å²) in [6.07, 6.45) is 0. The summed E-state index contributed by atoms with van der Waals surface area (Å²) in [5.41, 5.74) is 0. The van der Waals surface area contributed by atoms with Gasteiger partial charge in [0.25, 0.3) is 0 Å². The molecular formula is C23H36N12O. The molecule has 1 heterocycles. The zero-order valence-electron chi connectivity index (χ0n) is 20.9. The minimum absolute atomic E-state index is 0.0207. The van der Waals surface area contributed by atoms with Crippen molar-refractivity contribution in [3.8, 4) is 30.3 Å². The fourth-order valence-electron chi connectivity index (χ4n) is 3.74. The summed E-state index contributed by atoms with van der Waals surface area (Å²) in [5.74, 6) is 0. The van der Waals surface area contributed by atoms with Crippen LogP contribution in [0.15, 0.2) is 0 Å². The number of carbonyl (C=O) groups is 1. The first-order valence-electron chi connectivity index (χ1n) is 12.1. The van der Waals surface area contributed by atoms with Crippen molar-refractivity contribution < 1.29 is 4.79 Å². The molecule has 2 N–H and O–H groups in total. The topological polar surface area (TPSA) is 176 Å². The SMILES string of the molecule is N#CCNCCN(CC#N)CCN1CCN(CCN(CCNCC#N)CCN(CC#N)CC#N)C1=O. The van der Waals surface area contributed by atoms with Gasteiger partial charge in [0, 0.05) is 78.5 Å². The Labute approximate surface area is 214 Å². The van der Waals surface area contributed by atoms with Crippen molar-refractivity contribution in [2.45, 2.75) is 0 Å². The molecule has 1 rings (SSSR count). The summed E-state index contributed by atoms with van der Waals surface area (Å²) in [4.78, 5) is 22.4. The zero-order valence-corrected chi connectivity index (χ0v) is 20.9. The average molecular weight is 497 g/mol. The second-order valence-electron chi connectivity index (χ2n) is 8.23. The number of nitriles is 5. The first-order valence-corrected chi connectivity index (χ1v) is 12.1. The van der Waals surface area contributed by atoms with Crippen molar-refractivity contribution in [1.82, 2.24) is 35.1 Å². The Balaban J connectivity index is 2.54. The molecule has 13 heteroatoms. The number of hydrogen-bond donors (Lipinski definition) is 2. The molecule has 0 aromatic carbocycles. The molecule has 0 unspecified atom stereocenters. The van der Waals surface area contributed by atoms with Gasteiger partial charge >= 0.3 is 6.03 Å². The van der Waals surface area contributed by atoms with Crippen molar-refractivity contribution >= 4 is 6.03 Å². The maximum Gasteiger partial charge on any atom is 0.320 e. The van der Waals surface area contributed by atoms with Crippen LogP contribution in [0.4, 0.5) is 4.79 Å². The van der Waals surface area contributed by atoms with Crippen LogP contribution in [0.25, 0.3) is 0 Å². The van der Waals surface area contributed by atoms with E-state index in [9.17, 15) is 4.79 Å². The van der Waals surface area contributed by atoms with Gasteiger partial charge in [0.15, 0.2) is 0 Å². The number of nitrogens with one attached hydrogen (secondary N) is 2. The molecule has 13 nitrogen and oxygen atoms in total. The Morgan fingerprint density at radius 3 is 1.56 bits per heavy atom. The lowest BCUT2D eigenvalue weighted by atomic mass is 10.3. The van der Waals surface area contributed by atoms with E-state index in [0.717, 1.165) is 0 Å². The summed E-state index contributed by atoms with van der Waals surface area (Å²) in [6.45, 7) is 8.52. The van der Waals surface area contributed by atoms with Gasteiger partial charge in [-0.05, 0) is 0 Å². The predicted molar refractivity (Wildman–Crippen MR) is 132 cm³/mol.